The van der Waals surface area contributed by atoms with Crippen LogP contribution in [0, 0.1) is 11.3 Å². The molecule has 0 saturated carbocycles. The summed E-state index contributed by atoms with van der Waals surface area (Å²) in [7, 11) is 1.98. The van der Waals surface area contributed by atoms with Gasteiger partial charge in [-0.2, -0.15) is 5.26 Å². The van der Waals surface area contributed by atoms with Crippen LogP contribution in [0.5, 0.6) is 0 Å². The Balaban J connectivity index is 4.08. The van der Waals surface area contributed by atoms with Gasteiger partial charge in [0.15, 0.2) is 0 Å². The van der Waals surface area contributed by atoms with Crippen LogP contribution >= 0.6 is 0 Å². The number of rotatable bonds is 5. The maximum atomic E-state index is 8.45. The molecule has 13 heavy (non-hydrogen) atoms. The van der Waals surface area contributed by atoms with Crippen LogP contribution in [-0.2, 0) is 0 Å². The number of nitrogens with zero attached hydrogens (tertiary/aromatic N) is 2. The molecule has 0 aliphatic rings. The summed E-state index contributed by atoms with van der Waals surface area (Å²) in [6.45, 7) is 10.5. The standard InChI is InChI=1S/C11H16N2/c1-5-8-13(4)11(3)7-6-10(2)9-12/h6-7H,2-3,5,8H2,1,4H3/b7-6-. The average Bonchev–Trinajstić information content (AvgIpc) is 2.13. The van der Waals surface area contributed by atoms with Crippen LogP contribution in [0.2, 0.25) is 0 Å². The van der Waals surface area contributed by atoms with Crippen LogP contribution < -0.4 is 0 Å². The molecule has 0 aromatic heterocycles. The number of allylic oxidation sites excluding steroid dienone is 3. The molecule has 2 heteroatoms. The lowest BCUT2D eigenvalue weighted by Crippen LogP contribution is -2.16. The summed E-state index contributed by atoms with van der Waals surface area (Å²) >= 11 is 0. The Labute approximate surface area is 80.5 Å². The van der Waals surface area contributed by atoms with Crippen LogP contribution in [-0.4, -0.2) is 18.5 Å². The normalized spacial score (nSPS) is 9.62. The molecule has 0 rings (SSSR count). The Hall–Kier alpha value is -1.49. The predicted molar refractivity (Wildman–Crippen MR) is 56.0 cm³/mol. The molecule has 70 valence electrons. The first-order chi connectivity index (χ1) is 6.11. The SMILES string of the molecule is C=C(C#N)/C=C\C(=C)N(C)CCC. The van der Waals surface area contributed by atoms with E-state index >= 15 is 0 Å². The third kappa shape index (κ3) is 4.86. The van der Waals surface area contributed by atoms with Crippen molar-refractivity contribution in [1.82, 2.24) is 4.90 Å². The van der Waals surface area contributed by atoms with E-state index in [-0.39, 0.29) is 0 Å². The highest BCUT2D eigenvalue weighted by molar-refractivity contribution is 5.33. The second-order valence-corrected chi connectivity index (χ2v) is 2.88. The minimum atomic E-state index is 0.450. The van der Waals surface area contributed by atoms with Gasteiger partial charge in [-0.05, 0) is 18.6 Å². The summed E-state index contributed by atoms with van der Waals surface area (Å²) in [6, 6.07) is 1.95. The van der Waals surface area contributed by atoms with E-state index < -0.39 is 0 Å². The molecule has 0 radical (unpaired) electrons. The zero-order chi connectivity index (χ0) is 10.3. The summed E-state index contributed by atoms with van der Waals surface area (Å²) in [5.74, 6) is 0. The van der Waals surface area contributed by atoms with Gasteiger partial charge in [-0.3, -0.25) is 0 Å². The topological polar surface area (TPSA) is 27.0 Å². The lowest BCUT2D eigenvalue weighted by Gasteiger charge is -2.17. The molecule has 0 atom stereocenters. The van der Waals surface area contributed by atoms with Crippen LogP contribution in [0.1, 0.15) is 13.3 Å². The van der Waals surface area contributed by atoms with Crippen molar-refractivity contribution in [3.8, 4) is 6.07 Å². The first-order valence-electron chi connectivity index (χ1n) is 4.29. The van der Waals surface area contributed by atoms with Crippen LogP contribution in [0.3, 0.4) is 0 Å². The maximum absolute atomic E-state index is 8.45. The Morgan fingerprint density at radius 3 is 2.54 bits per heavy atom. The zero-order valence-electron chi connectivity index (χ0n) is 8.38. The Morgan fingerprint density at radius 2 is 2.08 bits per heavy atom. The molecule has 0 aromatic rings. The van der Waals surface area contributed by atoms with Crippen molar-refractivity contribution >= 4 is 0 Å². The highest BCUT2D eigenvalue weighted by Crippen LogP contribution is 2.02. The molecule has 0 aliphatic carbocycles. The minimum Gasteiger partial charge on any atom is -0.375 e. The van der Waals surface area contributed by atoms with E-state index in [2.05, 4.69) is 20.1 Å². The van der Waals surface area contributed by atoms with Gasteiger partial charge >= 0.3 is 0 Å². The van der Waals surface area contributed by atoms with E-state index in [1.807, 2.05) is 18.0 Å². The summed E-state index contributed by atoms with van der Waals surface area (Å²) < 4.78 is 0. The lowest BCUT2D eigenvalue weighted by atomic mass is 10.2. The number of nitriles is 1. The van der Waals surface area contributed by atoms with Crippen molar-refractivity contribution in [2.24, 2.45) is 0 Å². The second kappa shape index (κ2) is 6.07. The van der Waals surface area contributed by atoms with E-state index in [1.165, 1.54) is 0 Å². The van der Waals surface area contributed by atoms with Crippen LogP contribution in [0.25, 0.3) is 0 Å². The quantitative estimate of drug-likeness (QED) is 0.475. The average molecular weight is 176 g/mol. The molecule has 0 saturated heterocycles. The van der Waals surface area contributed by atoms with Gasteiger partial charge in [0.1, 0.15) is 0 Å². The van der Waals surface area contributed by atoms with E-state index in [9.17, 15) is 0 Å². The third-order valence-corrected chi connectivity index (χ3v) is 1.67. The molecule has 0 spiro atoms. The van der Waals surface area contributed by atoms with Crippen molar-refractivity contribution in [2.45, 2.75) is 13.3 Å². The summed E-state index contributed by atoms with van der Waals surface area (Å²) in [6.07, 6.45) is 4.57. The van der Waals surface area contributed by atoms with Gasteiger partial charge < -0.3 is 4.90 Å². The first-order valence-corrected chi connectivity index (χ1v) is 4.29. The molecule has 0 amide bonds. The van der Waals surface area contributed by atoms with Gasteiger partial charge in [0, 0.05) is 24.9 Å². The summed E-state index contributed by atoms with van der Waals surface area (Å²) in [5.41, 5.74) is 1.35. The molecule has 0 N–H and O–H groups in total. The van der Waals surface area contributed by atoms with Crippen molar-refractivity contribution < 1.29 is 0 Å². The van der Waals surface area contributed by atoms with Crippen LogP contribution in [0.4, 0.5) is 0 Å². The second-order valence-electron chi connectivity index (χ2n) is 2.88. The first kappa shape index (κ1) is 11.5. The summed E-state index contributed by atoms with van der Waals surface area (Å²) in [5, 5.41) is 8.45. The molecular weight excluding hydrogens is 160 g/mol. The lowest BCUT2D eigenvalue weighted by molar-refractivity contribution is 0.431. The predicted octanol–water partition coefficient (Wildman–Crippen LogP) is 2.48. The van der Waals surface area contributed by atoms with E-state index in [0.29, 0.717) is 5.57 Å². The molecule has 0 unspecified atom stereocenters. The Morgan fingerprint density at radius 1 is 1.46 bits per heavy atom. The van der Waals surface area contributed by atoms with E-state index in [4.69, 9.17) is 5.26 Å². The molecule has 0 fully saturated rings. The van der Waals surface area contributed by atoms with Crippen LogP contribution in [0.15, 0.2) is 36.6 Å². The molecule has 2 nitrogen and oxygen atoms in total. The van der Waals surface area contributed by atoms with Gasteiger partial charge in [-0.15, -0.1) is 0 Å². The van der Waals surface area contributed by atoms with Crippen molar-refractivity contribution in [1.29, 1.82) is 5.26 Å². The number of likely N-dealkylation sites (N-methyl/N-ethyl adjacent to an activating group) is 1. The maximum Gasteiger partial charge on any atom is 0.0985 e. The van der Waals surface area contributed by atoms with Crippen molar-refractivity contribution in [3.05, 3.63) is 36.6 Å². The van der Waals surface area contributed by atoms with E-state index in [1.54, 1.807) is 12.2 Å². The smallest absolute Gasteiger partial charge is 0.0985 e. The number of hydrogen-bond acceptors (Lipinski definition) is 2. The largest absolute Gasteiger partial charge is 0.375 e. The monoisotopic (exact) mass is 176 g/mol. The minimum absolute atomic E-state index is 0.450. The van der Waals surface area contributed by atoms with Crippen molar-refractivity contribution in [3.63, 3.8) is 0 Å². The fraction of sp³-hybridized carbons (Fsp3) is 0.364. The fourth-order valence-electron chi connectivity index (χ4n) is 0.840. The Bertz CT molecular complexity index is 256. The zero-order valence-corrected chi connectivity index (χ0v) is 8.38. The molecule has 0 aromatic carbocycles. The number of hydrogen-bond donors (Lipinski definition) is 0. The van der Waals surface area contributed by atoms with Gasteiger partial charge in [0.2, 0.25) is 0 Å². The van der Waals surface area contributed by atoms with Gasteiger partial charge in [-0.1, -0.05) is 20.1 Å². The molecule has 0 heterocycles. The Kier molecular flexibility index (Phi) is 5.38. The van der Waals surface area contributed by atoms with E-state index in [0.717, 1.165) is 18.7 Å². The molecular formula is C11H16N2. The molecule has 0 bridgehead atoms. The van der Waals surface area contributed by atoms with Gasteiger partial charge in [0.25, 0.3) is 0 Å². The summed E-state index contributed by atoms with van der Waals surface area (Å²) in [4.78, 5) is 2.04. The molecule has 0 aliphatic heterocycles. The third-order valence-electron chi connectivity index (χ3n) is 1.67. The van der Waals surface area contributed by atoms with Gasteiger partial charge in [0.05, 0.1) is 6.07 Å². The highest BCUT2D eigenvalue weighted by atomic mass is 15.1. The fourth-order valence-corrected chi connectivity index (χ4v) is 0.840. The van der Waals surface area contributed by atoms with Gasteiger partial charge in [-0.25, -0.2) is 0 Å². The van der Waals surface area contributed by atoms with Crippen molar-refractivity contribution in [2.75, 3.05) is 13.6 Å². The highest BCUT2D eigenvalue weighted by Gasteiger charge is 1.95.